The topological polar surface area (TPSA) is 117 Å². The second kappa shape index (κ2) is 14.7. The van der Waals surface area contributed by atoms with Gasteiger partial charge >= 0.3 is 0 Å². The number of amides is 2. The van der Waals surface area contributed by atoms with E-state index in [1.807, 2.05) is 37.3 Å². The zero-order valence-corrected chi connectivity index (χ0v) is 25.3. The van der Waals surface area contributed by atoms with Gasteiger partial charge in [0.05, 0.1) is 32.9 Å². The molecule has 12 heteroatoms. The van der Waals surface area contributed by atoms with Gasteiger partial charge in [-0.1, -0.05) is 77.8 Å². The molecule has 0 saturated heterocycles. The average Bonchev–Trinajstić information content (AvgIpc) is 3.02. The molecule has 0 aliphatic carbocycles. The summed E-state index contributed by atoms with van der Waals surface area (Å²) in [4.78, 5) is 25.0. The van der Waals surface area contributed by atoms with Gasteiger partial charge in [-0.15, -0.1) is 0 Å². The second-order valence-corrected chi connectivity index (χ2v) is 11.9. The second-order valence-electron chi connectivity index (χ2n) is 9.25. The standard InChI is InChI=1S/C31H28Cl2N4O5S/c1-22(24-9-4-2-5-10-24)35-30(39)21-42-25-17-15-23(16-18-25)19-34-36-29(38)20-37(28-14-8-13-27(32)31(28)33)43(40,41)26-11-6-3-7-12-26/h2-19,22H,20-21H2,1H3,(H,35,39)(H,36,38)/b34-19+. The molecule has 0 fully saturated rings. The van der Waals surface area contributed by atoms with Crippen molar-refractivity contribution in [2.45, 2.75) is 17.9 Å². The van der Waals surface area contributed by atoms with Crippen LogP contribution in [0.4, 0.5) is 5.69 Å². The summed E-state index contributed by atoms with van der Waals surface area (Å²) in [7, 11) is -4.17. The summed E-state index contributed by atoms with van der Waals surface area (Å²) in [5, 5.41) is 6.95. The lowest BCUT2D eigenvalue weighted by Gasteiger charge is -2.24. The van der Waals surface area contributed by atoms with Crippen molar-refractivity contribution in [3.05, 3.63) is 124 Å². The summed E-state index contributed by atoms with van der Waals surface area (Å²) in [5.74, 6) is -0.488. The summed E-state index contributed by atoms with van der Waals surface area (Å²) in [6.07, 6.45) is 1.39. The van der Waals surface area contributed by atoms with Gasteiger partial charge in [0.25, 0.3) is 21.8 Å². The molecule has 0 aromatic heterocycles. The number of benzene rings is 4. The number of ether oxygens (including phenoxy) is 1. The van der Waals surface area contributed by atoms with Crippen molar-refractivity contribution < 1.29 is 22.7 Å². The van der Waals surface area contributed by atoms with Crippen molar-refractivity contribution in [1.82, 2.24) is 10.7 Å². The maximum Gasteiger partial charge on any atom is 0.264 e. The number of rotatable bonds is 12. The minimum absolute atomic E-state index is 0.00882. The van der Waals surface area contributed by atoms with Crippen molar-refractivity contribution in [3.8, 4) is 5.75 Å². The molecular weight excluding hydrogens is 611 g/mol. The van der Waals surface area contributed by atoms with E-state index in [1.165, 1.54) is 36.5 Å². The Kier molecular flexibility index (Phi) is 10.8. The Bertz CT molecular complexity index is 1690. The van der Waals surface area contributed by atoms with Gasteiger partial charge in [0.2, 0.25) is 0 Å². The molecule has 0 bridgehead atoms. The number of carbonyl (C=O) groups is 2. The average molecular weight is 640 g/mol. The molecule has 2 N–H and O–H groups in total. The van der Waals surface area contributed by atoms with E-state index in [9.17, 15) is 18.0 Å². The highest BCUT2D eigenvalue weighted by Gasteiger charge is 2.29. The van der Waals surface area contributed by atoms with Crippen molar-refractivity contribution in [2.24, 2.45) is 5.10 Å². The first kappa shape index (κ1) is 31.6. The fourth-order valence-electron chi connectivity index (χ4n) is 3.96. The molecule has 4 rings (SSSR count). The number of hydrogen-bond acceptors (Lipinski definition) is 6. The molecule has 0 heterocycles. The Morgan fingerprint density at radius 1 is 0.884 bits per heavy atom. The van der Waals surface area contributed by atoms with E-state index in [1.54, 1.807) is 42.5 Å². The molecular formula is C31H28Cl2N4O5S. The highest BCUT2D eigenvalue weighted by molar-refractivity contribution is 7.92. The normalized spacial score (nSPS) is 12.0. The summed E-state index contributed by atoms with van der Waals surface area (Å²) >= 11 is 12.4. The van der Waals surface area contributed by atoms with Crippen molar-refractivity contribution in [2.75, 3.05) is 17.5 Å². The fourth-order valence-corrected chi connectivity index (χ4v) is 5.86. The predicted molar refractivity (Wildman–Crippen MR) is 168 cm³/mol. The van der Waals surface area contributed by atoms with Gasteiger partial charge in [-0.25, -0.2) is 13.8 Å². The van der Waals surface area contributed by atoms with Gasteiger partial charge in [-0.2, -0.15) is 5.10 Å². The van der Waals surface area contributed by atoms with E-state index < -0.39 is 22.5 Å². The molecule has 43 heavy (non-hydrogen) atoms. The highest BCUT2D eigenvalue weighted by atomic mass is 35.5. The van der Waals surface area contributed by atoms with E-state index in [0.29, 0.717) is 11.3 Å². The van der Waals surface area contributed by atoms with E-state index in [4.69, 9.17) is 27.9 Å². The minimum atomic E-state index is -4.17. The molecule has 0 saturated carbocycles. The Morgan fingerprint density at radius 2 is 1.53 bits per heavy atom. The van der Waals surface area contributed by atoms with Crippen LogP contribution in [-0.2, 0) is 19.6 Å². The molecule has 0 aliphatic heterocycles. The third-order valence-corrected chi connectivity index (χ3v) is 8.73. The van der Waals surface area contributed by atoms with E-state index in [2.05, 4.69) is 15.8 Å². The zero-order valence-electron chi connectivity index (χ0n) is 23.0. The van der Waals surface area contributed by atoms with E-state index in [-0.39, 0.29) is 39.2 Å². The van der Waals surface area contributed by atoms with Crippen LogP contribution < -0.4 is 19.8 Å². The predicted octanol–water partition coefficient (Wildman–Crippen LogP) is 5.60. The molecule has 0 aliphatic rings. The molecule has 1 atom stereocenters. The summed E-state index contributed by atoms with van der Waals surface area (Å²) in [5.41, 5.74) is 4.01. The molecule has 1 unspecified atom stereocenters. The molecule has 4 aromatic carbocycles. The third kappa shape index (κ3) is 8.57. The minimum Gasteiger partial charge on any atom is -0.484 e. The van der Waals surface area contributed by atoms with E-state index in [0.717, 1.165) is 9.87 Å². The maximum atomic E-state index is 13.4. The van der Waals surface area contributed by atoms with Crippen LogP contribution in [0.2, 0.25) is 10.0 Å². The largest absolute Gasteiger partial charge is 0.484 e. The van der Waals surface area contributed by atoms with Crippen LogP contribution in [0, 0.1) is 0 Å². The molecule has 4 aromatic rings. The van der Waals surface area contributed by atoms with E-state index >= 15 is 0 Å². The molecule has 9 nitrogen and oxygen atoms in total. The summed E-state index contributed by atoms with van der Waals surface area (Å²) in [6, 6.07) is 28.3. The molecule has 0 spiro atoms. The zero-order chi connectivity index (χ0) is 30.8. The number of anilines is 1. The Hall–Kier alpha value is -4.38. The number of nitrogens with zero attached hydrogens (tertiary/aromatic N) is 2. The van der Waals surface area contributed by atoms with Crippen molar-refractivity contribution >= 4 is 56.9 Å². The van der Waals surface area contributed by atoms with Gasteiger partial charge < -0.3 is 10.1 Å². The van der Waals surface area contributed by atoms with Gasteiger partial charge in [0.15, 0.2) is 6.61 Å². The van der Waals surface area contributed by atoms with Gasteiger partial charge in [0, 0.05) is 0 Å². The Balaban J connectivity index is 1.34. The summed E-state index contributed by atoms with van der Waals surface area (Å²) < 4.78 is 33.3. The van der Waals surface area contributed by atoms with Crippen LogP contribution in [0.5, 0.6) is 5.75 Å². The van der Waals surface area contributed by atoms with Crippen molar-refractivity contribution in [3.63, 3.8) is 0 Å². The molecule has 222 valence electrons. The highest BCUT2D eigenvalue weighted by Crippen LogP contribution is 2.35. The van der Waals surface area contributed by atoms with Crippen LogP contribution in [0.25, 0.3) is 0 Å². The van der Waals surface area contributed by atoms with Crippen LogP contribution in [0.1, 0.15) is 24.1 Å². The lowest BCUT2D eigenvalue weighted by Crippen LogP contribution is -2.39. The first-order chi connectivity index (χ1) is 20.6. The monoisotopic (exact) mass is 638 g/mol. The third-order valence-electron chi connectivity index (χ3n) is 6.15. The lowest BCUT2D eigenvalue weighted by molar-refractivity contribution is -0.123. The van der Waals surface area contributed by atoms with Crippen LogP contribution >= 0.6 is 23.2 Å². The first-order valence-corrected chi connectivity index (χ1v) is 15.3. The van der Waals surface area contributed by atoms with Crippen LogP contribution in [0.15, 0.2) is 113 Å². The first-order valence-electron chi connectivity index (χ1n) is 13.1. The maximum absolute atomic E-state index is 13.4. The Morgan fingerprint density at radius 3 is 2.21 bits per heavy atom. The quantitative estimate of drug-likeness (QED) is 0.155. The smallest absolute Gasteiger partial charge is 0.264 e. The molecule has 2 amide bonds. The number of sulfonamides is 1. The molecule has 0 radical (unpaired) electrons. The fraction of sp³-hybridized carbons (Fsp3) is 0.129. The number of halogens is 2. The number of hydrogen-bond donors (Lipinski definition) is 2. The SMILES string of the molecule is CC(NC(=O)COc1ccc(/C=N/NC(=O)CN(c2cccc(Cl)c2Cl)S(=O)(=O)c2ccccc2)cc1)c1ccccc1. The van der Waals surface area contributed by atoms with Gasteiger partial charge in [-0.3, -0.25) is 13.9 Å². The van der Waals surface area contributed by atoms with Crippen molar-refractivity contribution in [1.29, 1.82) is 0 Å². The van der Waals surface area contributed by atoms with Gasteiger partial charge in [-0.05, 0) is 66.6 Å². The van der Waals surface area contributed by atoms with Crippen LogP contribution in [0.3, 0.4) is 0 Å². The number of hydrazone groups is 1. The summed E-state index contributed by atoms with van der Waals surface area (Å²) in [6.45, 7) is 1.14. The number of nitrogens with one attached hydrogen (secondary N) is 2. The number of carbonyl (C=O) groups excluding carboxylic acids is 2. The lowest BCUT2D eigenvalue weighted by atomic mass is 10.1. The van der Waals surface area contributed by atoms with Gasteiger partial charge in [0.1, 0.15) is 12.3 Å². The Labute approximate surface area is 260 Å². The van der Waals surface area contributed by atoms with Crippen LogP contribution in [-0.4, -0.2) is 39.6 Å².